The van der Waals surface area contributed by atoms with Crippen LogP contribution in [0.15, 0.2) is 24.3 Å². The molecule has 3 aliphatic heterocycles. The molecule has 39 heavy (non-hydrogen) atoms. The summed E-state index contributed by atoms with van der Waals surface area (Å²) in [4.78, 5) is 56.5. The highest BCUT2D eigenvalue weighted by atomic mass is 16.6. The van der Waals surface area contributed by atoms with Crippen molar-refractivity contribution in [3.05, 3.63) is 35.4 Å². The summed E-state index contributed by atoms with van der Waals surface area (Å²) in [6.45, 7) is 7.85. The molecule has 5 rings (SSSR count). The fourth-order valence-corrected chi connectivity index (χ4v) is 6.40. The Morgan fingerprint density at radius 2 is 1.87 bits per heavy atom. The lowest BCUT2D eigenvalue weighted by Crippen LogP contribution is -2.59. The maximum absolute atomic E-state index is 13.7. The SMILES string of the molecule is C[C@@H](c1ccc(C(=O)O)cc1)N1C(=O)[C@@H]2C[C@H]1CN2C[C@H](NC(=O)OC(C)(C)C)C(=O)N1[C@H](C#N)C[C@@H]2C[C@@H]21. The summed E-state index contributed by atoms with van der Waals surface area (Å²) in [6, 6.07) is 6.62. The number of ether oxygens (including phenoxy) is 1. The molecule has 208 valence electrons. The van der Waals surface area contributed by atoms with Gasteiger partial charge >= 0.3 is 12.1 Å². The second-order valence-electron chi connectivity index (χ2n) is 12.1. The van der Waals surface area contributed by atoms with Crippen molar-refractivity contribution in [2.75, 3.05) is 13.1 Å². The van der Waals surface area contributed by atoms with E-state index in [0.717, 1.165) is 12.0 Å². The summed E-state index contributed by atoms with van der Waals surface area (Å²) in [5.74, 6) is -1.03. The molecule has 7 atom stereocenters. The number of carbonyl (C=O) groups excluding carboxylic acids is 3. The molecule has 1 aromatic rings. The molecule has 0 unspecified atom stereocenters. The van der Waals surface area contributed by atoms with Gasteiger partial charge in [-0.3, -0.25) is 14.5 Å². The number of aromatic carboxylic acids is 1. The van der Waals surface area contributed by atoms with Crippen molar-refractivity contribution >= 4 is 23.9 Å². The van der Waals surface area contributed by atoms with Crippen molar-refractivity contribution in [2.45, 2.75) is 88.8 Å². The Morgan fingerprint density at radius 1 is 1.18 bits per heavy atom. The molecule has 1 aliphatic carbocycles. The van der Waals surface area contributed by atoms with Crippen molar-refractivity contribution < 1.29 is 29.0 Å². The Kier molecular flexibility index (Phi) is 6.79. The van der Waals surface area contributed by atoms with Crippen LogP contribution in [-0.2, 0) is 14.3 Å². The Balaban J connectivity index is 1.30. The number of amides is 3. The number of piperazine rings is 1. The Hall–Kier alpha value is -3.65. The van der Waals surface area contributed by atoms with Crippen LogP contribution in [0.1, 0.15) is 68.9 Å². The van der Waals surface area contributed by atoms with Crippen LogP contribution < -0.4 is 5.32 Å². The third kappa shape index (κ3) is 5.17. The lowest BCUT2D eigenvalue weighted by Gasteiger charge is -2.39. The van der Waals surface area contributed by atoms with E-state index in [0.29, 0.717) is 25.3 Å². The van der Waals surface area contributed by atoms with Crippen LogP contribution in [0, 0.1) is 17.2 Å². The van der Waals surface area contributed by atoms with Gasteiger partial charge in [0.1, 0.15) is 17.7 Å². The molecule has 0 radical (unpaired) electrons. The number of rotatable bonds is 7. The van der Waals surface area contributed by atoms with E-state index in [1.807, 2.05) is 16.7 Å². The summed E-state index contributed by atoms with van der Waals surface area (Å²) < 4.78 is 5.42. The number of likely N-dealkylation sites (tertiary alicyclic amines) is 3. The highest BCUT2D eigenvalue weighted by Gasteiger charge is 2.56. The Labute approximate surface area is 227 Å². The van der Waals surface area contributed by atoms with Crippen molar-refractivity contribution in [2.24, 2.45) is 5.92 Å². The molecular formula is C28H35N5O6. The second-order valence-corrected chi connectivity index (χ2v) is 12.1. The fourth-order valence-electron chi connectivity index (χ4n) is 6.40. The lowest BCUT2D eigenvalue weighted by atomic mass is 10.0. The van der Waals surface area contributed by atoms with E-state index >= 15 is 0 Å². The number of piperidine rings is 1. The van der Waals surface area contributed by atoms with Gasteiger partial charge in [-0.2, -0.15) is 5.26 Å². The van der Waals surface area contributed by atoms with Gasteiger partial charge in [-0.25, -0.2) is 9.59 Å². The first kappa shape index (κ1) is 26.9. The van der Waals surface area contributed by atoms with E-state index in [4.69, 9.17) is 4.74 Å². The second kappa shape index (κ2) is 9.83. The van der Waals surface area contributed by atoms with E-state index in [-0.39, 0.29) is 42.0 Å². The molecule has 11 heteroatoms. The molecule has 2 bridgehead atoms. The predicted molar refractivity (Wildman–Crippen MR) is 138 cm³/mol. The average Bonchev–Trinajstić information content (AvgIpc) is 3.18. The van der Waals surface area contributed by atoms with Crippen LogP contribution in [0.4, 0.5) is 4.79 Å². The lowest BCUT2D eigenvalue weighted by molar-refractivity contribution is -0.141. The topological polar surface area (TPSA) is 143 Å². The number of nitrogens with zero attached hydrogens (tertiary/aromatic N) is 4. The molecule has 0 aromatic heterocycles. The minimum atomic E-state index is -1.00. The Morgan fingerprint density at radius 3 is 2.46 bits per heavy atom. The number of alkyl carbamates (subject to hydrolysis) is 1. The van der Waals surface area contributed by atoms with Gasteiger partial charge in [0.15, 0.2) is 0 Å². The van der Waals surface area contributed by atoms with Crippen molar-refractivity contribution in [3.8, 4) is 6.07 Å². The monoisotopic (exact) mass is 537 g/mol. The molecule has 11 nitrogen and oxygen atoms in total. The van der Waals surface area contributed by atoms with Crippen molar-refractivity contribution in [3.63, 3.8) is 0 Å². The predicted octanol–water partition coefficient (Wildman–Crippen LogP) is 2.14. The van der Waals surface area contributed by atoms with Gasteiger partial charge in [-0.05, 0) is 70.6 Å². The number of hydrogen-bond donors (Lipinski definition) is 2. The summed E-state index contributed by atoms with van der Waals surface area (Å²) in [5, 5.41) is 21.5. The molecule has 4 fully saturated rings. The minimum Gasteiger partial charge on any atom is -0.478 e. The largest absolute Gasteiger partial charge is 0.478 e. The number of hydrogen-bond acceptors (Lipinski definition) is 7. The van der Waals surface area contributed by atoms with Crippen molar-refractivity contribution in [1.82, 2.24) is 20.0 Å². The molecule has 3 amide bonds. The number of carboxylic acids is 1. The van der Waals surface area contributed by atoms with Gasteiger partial charge in [0.25, 0.3) is 0 Å². The van der Waals surface area contributed by atoms with Crippen LogP contribution >= 0.6 is 0 Å². The normalized spacial score (nSPS) is 29.0. The number of nitriles is 1. The van der Waals surface area contributed by atoms with Gasteiger partial charge in [-0.15, -0.1) is 0 Å². The summed E-state index contributed by atoms with van der Waals surface area (Å²) in [7, 11) is 0. The standard InChI is InChI=1S/C28H35N5O6/c1-15(16-5-7-17(8-6-16)26(36)37)32-20-11-23(25(32)35)31(13-20)14-21(30-27(38)39-28(2,3)4)24(34)33-19(12-29)9-18-10-22(18)33/h5-8,15,18-23H,9-11,13-14H2,1-4H3,(H,30,38)(H,36,37)/t15-,18+,19-,20-,21-,22-,23-/m0/s1. The van der Waals surface area contributed by atoms with Gasteiger partial charge in [0.05, 0.1) is 23.7 Å². The smallest absolute Gasteiger partial charge is 0.408 e. The maximum Gasteiger partial charge on any atom is 0.408 e. The van der Waals surface area contributed by atoms with Gasteiger partial charge in [0.2, 0.25) is 11.8 Å². The van der Waals surface area contributed by atoms with Crippen LogP contribution in [0.25, 0.3) is 0 Å². The molecule has 1 saturated carbocycles. The molecule has 2 N–H and O–H groups in total. The van der Waals surface area contributed by atoms with Crippen LogP contribution in [0.5, 0.6) is 0 Å². The highest BCUT2D eigenvalue weighted by Crippen LogP contribution is 2.48. The minimum absolute atomic E-state index is 0.0330. The third-order valence-corrected chi connectivity index (χ3v) is 8.29. The highest BCUT2D eigenvalue weighted by molar-refractivity contribution is 5.89. The quantitative estimate of drug-likeness (QED) is 0.539. The molecule has 0 spiro atoms. The van der Waals surface area contributed by atoms with Crippen LogP contribution in [0.2, 0.25) is 0 Å². The molecule has 3 saturated heterocycles. The van der Waals surface area contributed by atoms with E-state index < -0.39 is 35.8 Å². The van der Waals surface area contributed by atoms with E-state index in [9.17, 15) is 29.5 Å². The summed E-state index contributed by atoms with van der Waals surface area (Å²) in [5.41, 5.74) is 0.292. The number of carbonyl (C=O) groups is 4. The zero-order chi connectivity index (χ0) is 28.2. The molecular weight excluding hydrogens is 502 g/mol. The van der Waals surface area contributed by atoms with Crippen molar-refractivity contribution in [1.29, 1.82) is 5.26 Å². The van der Waals surface area contributed by atoms with Crippen LogP contribution in [0.3, 0.4) is 0 Å². The van der Waals surface area contributed by atoms with E-state index in [2.05, 4.69) is 11.4 Å². The first-order chi connectivity index (χ1) is 18.4. The number of benzene rings is 1. The first-order valence-electron chi connectivity index (χ1n) is 13.5. The zero-order valence-electron chi connectivity index (χ0n) is 22.7. The summed E-state index contributed by atoms with van der Waals surface area (Å²) in [6.07, 6.45) is 1.42. The van der Waals surface area contributed by atoms with Gasteiger partial charge in [0, 0.05) is 25.2 Å². The average molecular weight is 538 g/mol. The number of fused-ring (bicyclic) bond motifs is 3. The molecule has 4 aliphatic rings. The molecule has 3 heterocycles. The Bertz CT molecular complexity index is 1220. The van der Waals surface area contributed by atoms with Crippen LogP contribution in [-0.4, -0.2) is 92.6 Å². The number of nitrogens with one attached hydrogen (secondary N) is 1. The van der Waals surface area contributed by atoms with Gasteiger partial charge in [-0.1, -0.05) is 12.1 Å². The third-order valence-electron chi connectivity index (χ3n) is 8.29. The van der Waals surface area contributed by atoms with E-state index in [1.54, 1.807) is 37.8 Å². The van der Waals surface area contributed by atoms with E-state index in [1.165, 1.54) is 12.1 Å². The first-order valence-corrected chi connectivity index (χ1v) is 13.5. The summed E-state index contributed by atoms with van der Waals surface area (Å²) >= 11 is 0. The van der Waals surface area contributed by atoms with Gasteiger partial charge < -0.3 is 25.0 Å². The maximum atomic E-state index is 13.7. The zero-order valence-corrected chi connectivity index (χ0v) is 22.7. The molecule has 1 aromatic carbocycles. The number of carboxylic acid groups (broad SMARTS) is 1. The fraction of sp³-hybridized carbons (Fsp3) is 0.607.